The predicted molar refractivity (Wildman–Crippen MR) is 98.3 cm³/mol. The molecule has 5 nitrogen and oxygen atoms in total. The number of imide groups is 1. The molecule has 0 radical (unpaired) electrons. The third-order valence-electron chi connectivity index (χ3n) is 5.11. The van der Waals surface area contributed by atoms with Crippen LogP contribution in [0.3, 0.4) is 0 Å². The summed E-state index contributed by atoms with van der Waals surface area (Å²) in [6.07, 6.45) is 2.29. The van der Waals surface area contributed by atoms with Crippen LogP contribution in [-0.4, -0.2) is 53.9 Å². The SMILES string of the molecule is O=C1c2ccccc2C(=O)N1CC(COc1ccccc1)N1CCCC1. The van der Waals surface area contributed by atoms with E-state index in [1.54, 1.807) is 24.3 Å². The van der Waals surface area contributed by atoms with E-state index in [1.807, 2.05) is 30.3 Å². The molecule has 2 aromatic rings. The van der Waals surface area contributed by atoms with Crippen molar-refractivity contribution in [2.24, 2.45) is 0 Å². The highest BCUT2D eigenvalue weighted by Crippen LogP contribution is 2.24. The lowest BCUT2D eigenvalue weighted by molar-refractivity contribution is 0.0565. The van der Waals surface area contributed by atoms with Crippen molar-refractivity contribution in [3.63, 3.8) is 0 Å². The summed E-state index contributed by atoms with van der Waals surface area (Å²) in [6, 6.07) is 16.7. The number of carbonyl (C=O) groups excluding carboxylic acids is 2. The van der Waals surface area contributed by atoms with Gasteiger partial charge in [-0.2, -0.15) is 0 Å². The van der Waals surface area contributed by atoms with Gasteiger partial charge in [-0.3, -0.25) is 19.4 Å². The van der Waals surface area contributed by atoms with E-state index in [0.717, 1.165) is 31.7 Å². The molecule has 0 N–H and O–H groups in total. The first-order valence-electron chi connectivity index (χ1n) is 9.11. The van der Waals surface area contributed by atoms with E-state index in [0.29, 0.717) is 24.3 Å². The van der Waals surface area contributed by atoms with Gasteiger partial charge in [0.05, 0.1) is 17.2 Å². The van der Waals surface area contributed by atoms with Crippen LogP contribution in [0.1, 0.15) is 33.6 Å². The highest BCUT2D eigenvalue weighted by atomic mass is 16.5. The Kier molecular flexibility index (Phi) is 4.71. The first kappa shape index (κ1) is 16.8. The van der Waals surface area contributed by atoms with Gasteiger partial charge < -0.3 is 4.74 Å². The molecule has 5 heteroatoms. The van der Waals surface area contributed by atoms with E-state index in [2.05, 4.69) is 4.90 Å². The number of rotatable bonds is 6. The van der Waals surface area contributed by atoms with Gasteiger partial charge in [0.1, 0.15) is 12.4 Å². The van der Waals surface area contributed by atoms with Gasteiger partial charge in [0, 0.05) is 6.54 Å². The fourth-order valence-electron chi connectivity index (χ4n) is 3.71. The molecule has 4 rings (SSSR count). The molecule has 0 saturated carbocycles. The fraction of sp³-hybridized carbons (Fsp3) is 0.333. The van der Waals surface area contributed by atoms with Crippen LogP contribution in [-0.2, 0) is 0 Å². The van der Waals surface area contributed by atoms with E-state index < -0.39 is 0 Å². The van der Waals surface area contributed by atoms with Gasteiger partial charge in [0.25, 0.3) is 11.8 Å². The van der Waals surface area contributed by atoms with Crippen LogP contribution < -0.4 is 4.74 Å². The summed E-state index contributed by atoms with van der Waals surface area (Å²) >= 11 is 0. The number of benzene rings is 2. The minimum Gasteiger partial charge on any atom is -0.492 e. The quantitative estimate of drug-likeness (QED) is 0.752. The largest absolute Gasteiger partial charge is 0.492 e. The number of ether oxygens (including phenoxy) is 1. The summed E-state index contributed by atoms with van der Waals surface area (Å²) in [6.45, 7) is 2.77. The molecule has 0 aromatic heterocycles. The van der Waals surface area contributed by atoms with Crippen molar-refractivity contribution in [1.29, 1.82) is 0 Å². The summed E-state index contributed by atoms with van der Waals surface area (Å²) in [7, 11) is 0. The van der Waals surface area contributed by atoms with Crippen molar-refractivity contribution < 1.29 is 14.3 Å². The van der Waals surface area contributed by atoms with Crippen molar-refractivity contribution in [1.82, 2.24) is 9.80 Å². The lowest BCUT2D eigenvalue weighted by Crippen LogP contribution is -2.47. The van der Waals surface area contributed by atoms with Crippen LogP contribution in [0.15, 0.2) is 54.6 Å². The van der Waals surface area contributed by atoms with Gasteiger partial charge in [0.2, 0.25) is 0 Å². The third-order valence-corrected chi connectivity index (χ3v) is 5.11. The number of hydrogen-bond donors (Lipinski definition) is 0. The Labute approximate surface area is 153 Å². The molecule has 26 heavy (non-hydrogen) atoms. The molecular weight excluding hydrogens is 328 g/mol. The van der Waals surface area contributed by atoms with Gasteiger partial charge in [-0.05, 0) is 50.2 Å². The molecule has 134 valence electrons. The van der Waals surface area contributed by atoms with E-state index in [1.165, 1.54) is 4.90 Å². The molecule has 2 aliphatic heterocycles. The fourth-order valence-corrected chi connectivity index (χ4v) is 3.71. The maximum atomic E-state index is 12.7. The van der Waals surface area contributed by atoms with Crippen molar-refractivity contribution >= 4 is 11.8 Å². The zero-order chi connectivity index (χ0) is 17.9. The predicted octanol–water partition coefficient (Wildman–Crippen LogP) is 2.83. The second kappa shape index (κ2) is 7.30. The van der Waals surface area contributed by atoms with Gasteiger partial charge in [0.15, 0.2) is 0 Å². The molecular formula is C21H22N2O3. The number of likely N-dealkylation sites (tertiary alicyclic amines) is 1. The Morgan fingerprint density at radius 2 is 1.42 bits per heavy atom. The van der Waals surface area contributed by atoms with Gasteiger partial charge in [-0.25, -0.2) is 0 Å². The summed E-state index contributed by atoms with van der Waals surface area (Å²) in [5.41, 5.74) is 1.00. The number of hydrogen-bond acceptors (Lipinski definition) is 4. The van der Waals surface area contributed by atoms with Crippen molar-refractivity contribution in [2.45, 2.75) is 18.9 Å². The van der Waals surface area contributed by atoms with E-state index in [9.17, 15) is 9.59 Å². The maximum absolute atomic E-state index is 12.7. The van der Waals surface area contributed by atoms with E-state index >= 15 is 0 Å². The molecule has 1 unspecified atom stereocenters. The van der Waals surface area contributed by atoms with Gasteiger partial charge in [-0.1, -0.05) is 30.3 Å². The Hall–Kier alpha value is -2.66. The number of nitrogens with zero attached hydrogens (tertiary/aromatic N) is 2. The molecule has 1 fully saturated rings. The second-order valence-electron chi connectivity index (χ2n) is 6.79. The summed E-state index contributed by atoms with van der Waals surface area (Å²) in [5.74, 6) is 0.406. The monoisotopic (exact) mass is 350 g/mol. The smallest absolute Gasteiger partial charge is 0.261 e. The van der Waals surface area contributed by atoms with E-state index in [-0.39, 0.29) is 17.9 Å². The van der Waals surface area contributed by atoms with Crippen LogP contribution in [0, 0.1) is 0 Å². The molecule has 2 amide bonds. The number of amides is 2. The zero-order valence-corrected chi connectivity index (χ0v) is 14.6. The maximum Gasteiger partial charge on any atom is 0.261 e. The topological polar surface area (TPSA) is 49.9 Å². The number of para-hydroxylation sites is 1. The number of fused-ring (bicyclic) bond motifs is 1. The first-order chi connectivity index (χ1) is 12.7. The minimum atomic E-state index is -0.200. The van der Waals surface area contributed by atoms with Crippen molar-refractivity contribution in [3.8, 4) is 5.75 Å². The summed E-state index contributed by atoms with van der Waals surface area (Å²) in [4.78, 5) is 29.1. The molecule has 2 aromatic carbocycles. The molecule has 0 aliphatic carbocycles. The number of carbonyl (C=O) groups is 2. The molecule has 1 atom stereocenters. The van der Waals surface area contributed by atoms with Crippen molar-refractivity contribution in [2.75, 3.05) is 26.2 Å². The van der Waals surface area contributed by atoms with Gasteiger partial charge in [-0.15, -0.1) is 0 Å². The average Bonchev–Trinajstić information content (AvgIpc) is 3.29. The second-order valence-corrected chi connectivity index (χ2v) is 6.79. The molecule has 2 aliphatic rings. The first-order valence-corrected chi connectivity index (χ1v) is 9.11. The van der Waals surface area contributed by atoms with Crippen LogP contribution in [0.5, 0.6) is 5.75 Å². The Balaban J connectivity index is 1.50. The molecule has 0 spiro atoms. The lowest BCUT2D eigenvalue weighted by atomic mass is 10.1. The van der Waals surface area contributed by atoms with Crippen molar-refractivity contribution in [3.05, 3.63) is 65.7 Å². The van der Waals surface area contributed by atoms with Gasteiger partial charge >= 0.3 is 0 Å². The van der Waals surface area contributed by atoms with Crippen LogP contribution in [0.4, 0.5) is 0 Å². The summed E-state index contributed by atoms with van der Waals surface area (Å²) in [5, 5.41) is 0. The Morgan fingerprint density at radius 3 is 2.04 bits per heavy atom. The highest BCUT2D eigenvalue weighted by molar-refractivity contribution is 6.21. The molecule has 0 bridgehead atoms. The Morgan fingerprint density at radius 1 is 0.846 bits per heavy atom. The molecule has 1 saturated heterocycles. The normalized spacial score (nSPS) is 18.2. The van der Waals surface area contributed by atoms with Crippen LogP contribution in [0.25, 0.3) is 0 Å². The zero-order valence-electron chi connectivity index (χ0n) is 14.6. The Bertz CT molecular complexity index is 765. The average molecular weight is 350 g/mol. The third kappa shape index (κ3) is 3.22. The highest BCUT2D eigenvalue weighted by Gasteiger charge is 2.38. The summed E-state index contributed by atoms with van der Waals surface area (Å²) < 4.78 is 5.95. The van der Waals surface area contributed by atoms with Crippen LogP contribution >= 0.6 is 0 Å². The lowest BCUT2D eigenvalue weighted by Gasteiger charge is -2.30. The minimum absolute atomic E-state index is 0.0000756. The van der Waals surface area contributed by atoms with E-state index in [4.69, 9.17) is 4.74 Å². The standard InChI is InChI=1S/C21H22N2O3/c24-20-18-10-4-5-11-19(18)21(25)23(20)14-16(22-12-6-7-13-22)15-26-17-8-2-1-3-9-17/h1-5,8-11,16H,6-7,12-15H2. The molecule has 2 heterocycles. The van der Waals surface area contributed by atoms with Crippen LogP contribution in [0.2, 0.25) is 0 Å².